The van der Waals surface area contributed by atoms with Gasteiger partial charge in [0.2, 0.25) is 0 Å². The number of cyclic esters (lactones) is 1. The van der Waals surface area contributed by atoms with Gasteiger partial charge in [-0.15, -0.1) is 0 Å². The predicted octanol–water partition coefficient (Wildman–Crippen LogP) is 2.54. The van der Waals surface area contributed by atoms with E-state index in [-0.39, 0.29) is 25.2 Å². The number of carbonyl (C=O) groups excluding carboxylic acids is 2. The first kappa shape index (κ1) is 17.2. The van der Waals surface area contributed by atoms with E-state index in [0.717, 1.165) is 5.56 Å². The normalized spacial score (nSPS) is 19.1. The van der Waals surface area contributed by atoms with Gasteiger partial charge < -0.3 is 9.84 Å². The molecule has 1 heterocycles. The van der Waals surface area contributed by atoms with E-state index in [9.17, 15) is 9.59 Å². The van der Waals surface area contributed by atoms with E-state index in [1.54, 1.807) is 6.08 Å². The zero-order valence-electron chi connectivity index (χ0n) is 13.4. The topological polar surface area (TPSA) is 66.8 Å². The average molecular weight is 317 g/mol. The van der Waals surface area contributed by atoms with Gasteiger partial charge in [0.15, 0.2) is 0 Å². The zero-order chi connectivity index (χ0) is 16.7. The number of imide groups is 1. The minimum absolute atomic E-state index is 0.139. The lowest BCUT2D eigenvalue weighted by Crippen LogP contribution is -2.39. The third-order valence-corrected chi connectivity index (χ3v) is 3.93. The van der Waals surface area contributed by atoms with Crippen molar-refractivity contribution < 1.29 is 19.4 Å². The van der Waals surface area contributed by atoms with Gasteiger partial charge in [-0.3, -0.25) is 4.79 Å². The maximum Gasteiger partial charge on any atom is 0.417 e. The van der Waals surface area contributed by atoms with Crippen LogP contribution in [0.1, 0.15) is 25.3 Å². The number of aliphatic hydroxyl groups is 1. The highest BCUT2D eigenvalue weighted by atomic mass is 16.6. The molecule has 0 aromatic heterocycles. The highest BCUT2D eigenvalue weighted by Gasteiger charge is 2.36. The van der Waals surface area contributed by atoms with Gasteiger partial charge in [-0.05, 0) is 36.8 Å². The number of amides is 2. The molecule has 0 bridgehead atoms. The van der Waals surface area contributed by atoms with Crippen LogP contribution in [0.3, 0.4) is 0 Å². The molecule has 0 spiro atoms. The fraction of sp³-hybridized carbons (Fsp3) is 0.444. The molecule has 0 aliphatic carbocycles. The molecule has 1 aromatic rings. The van der Waals surface area contributed by atoms with Crippen molar-refractivity contribution in [1.29, 1.82) is 0 Å². The molecule has 124 valence electrons. The first-order chi connectivity index (χ1) is 11.1. The third kappa shape index (κ3) is 4.93. The lowest BCUT2D eigenvalue weighted by molar-refractivity contribution is -0.124. The van der Waals surface area contributed by atoms with Gasteiger partial charge in [-0.1, -0.05) is 43.3 Å². The molecule has 2 rings (SSSR count). The maximum absolute atomic E-state index is 12.3. The average Bonchev–Trinajstić information content (AvgIpc) is 2.89. The van der Waals surface area contributed by atoms with Gasteiger partial charge in [-0.25, -0.2) is 9.69 Å². The molecule has 23 heavy (non-hydrogen) atoms. The standard InChI is InChI=1S/C18H23NO4/c1-14(10-11-20)6-5-9-17(21)19-16(13-23-18(19)22)12-15-7-3-2-4-8-15/h2-5,7-9,14,16,20H,6,10-13H2,1H3/b9-5+/t14-,16-/m1/s1. The van der Waals surface area contributed by atoms with E-state index in [1.807, 2.05) is 37.3 Å². The van der Waals surface area contributed by atoms with Crippen molar-refractivity contribution in [2.45, 2.75) is 32.2 Å². The van der Waals surface area contributed by atoms with Crippen LogP contribution in [0.15, 0.2) is 42.5 Å². The number of nitrogens with zero attached hydrogens (tertiary/aromatic N) is 1. The molecular weight excluding hydrogens is 294 g/mol. The summed E-state index contributed by atoms with van der Waals surface area (Å²) in [6.45, 7) is 2.38. The van der Waals surface area contributed by atoms with Crippen molar-refractivity contribution in [3.8, 4) is 0 Å². The van der Waals surface area contributed by atoms with Gasteiger partial charge in [0, 0.05) is 6.61 Å². The number of allylic oxidation sites excluding steroid dienone is 1. The smallest absolute Gasteiger partial charge is 0.417 e. The SMILES string of the molecule is C[C@H](C/C=C/C(=O)N1C(=O)OC[C@H]1Cc1ccccc1)CCO. The number of hydrogen-bond donors (Lipinski definition) is 1. The maximum atomic E-state index is 12.3. The van der Waals surface area contributed by atoms with Gasteiger partial charge in [0.1, 0.15) is 6.61 Å². The van der Waals surface area contributed by atoms with Crippen LogP contribution in [-0.2, 0) is 16.0 Å². The predicted molar refractivity (Wildman–Crippen MR) is 86.8 cm³/mol. The Morgan fingerprint density at radius 1 is 1.43 bits per heavy atom. The van der Waals surface area contributed by atoms with Crippen molar-refractivity contribution >= 4 is 12.0 Å². The van der Waals surface area contributed by atoms with E-state index in [0.29, 0.717) is 25.2 Å². The van der Waals surface area contributed by atoms with Crippen molar-refractivity contribution in [2.24, 2.45) is 5.92 Å². The van der Waals surface area contributed by atoms with Gasteiger partial charge in [0.25, 0.3) is 5.91 Å². The Morgan fingerprint density at radius 3 is 2.87 bits per heavy atom. The van der Waals surface area contributed by atoms with E-state index >= 15 is 0 Å². The summed E-state index contributed by atoms with van der Waals surface area (Å²) in [6.07, 6.45) is 4.59. The number of carbonyl (C=O) groups is 2. The van der Waals surface area contributed by atoms with E-state index in [4.69, 9.17) is 9.84 Å². The summed E-state index contributed by atoms with van der Waals surface area (Å²) in [5, 5.41) is 8.87. The Kier molecular flexibility index (Phi) is 6.35. The van der Waals surface area contributed by atoms with Crippen LogP contribution < -0.4 is 0 Å². The van der Waals surface area contributed by atoms with Crippen LogP contribution in [0.25, 0.3) is 0 Å². The minimum atomic E-state index is -0.580. The third-order valence-electron chi connectivity index (χ3n) is 3.93. The largest absolute Gasteiger partial charge is 0.447 e. The summed E-state index contributed by atoms with van der Waals surface area (Å²) in [5.41, 5.74) is 1.06. The first-order valence-corrected chi connectivity index (χ1v) is 7.93. The summed E-state index contributed by atoms with van der Waals surface area (Å²) >= 11 is 0. The summed E-state index contributed by atoms with van der Waals surface area (Å²) in [4.78, 5) is 25.3. The molecule has 1 fully saturated rings. The van der Waals surface area contributed by atoms with Crippen LogP contribution in [0.4, 0.5) is 4.79 Å². The van der Waals surface area contributed by atoms with E-state index < -0.39 is 6.09 Å². The van der Waals surface area contributed by atoms with Crippen molar-refractivity contribution in [3.63, 3.8) is 0 Å². The summed E-state index contributed by atoms with van der Waals surface area (Å²) in [6, 6.07) is 9.47. The summed E-state index contributed by atoms with van der Waals surface area (Å²) in [5.74, 6) is -0.0423. The Labute approximate surface area is 136 Å². The van der Waals surface area contributed by atoms with Crippen LogP contribution in [-0.4, -0.2) is 41.3 Å². The molecule has 1 aliphatic rings. The summed E-state index contributed by atoms with van der Waals surface area (Å²) in [7, 11) is 0. The Balaban J connectivity index is 1.96. The minimum Gasteiger partial charge on any atom is -0.447 e. The second-order valence-corrected chi connectivity index (χ2v) is 5.88. The molecule has 0 unspecified atom stereocenters. The Hall–Kier alpha value is -2.14. The molecule has 5 nitrogen and oxygen atoms in total. The highest BCUT2D eigenvalue weighted by Crippen LogP contribution is 2.18. The van der Waals surface area contributed by atoms with E-state index in [1.165, 1.54) is 11.0 Å². The molecule has 1 aromatic carbocycles. The lowest BCUT2D eigenvalue weighted by atomic mass is 10.0. The molecule has 0 saturated carbocycles. The molecule has 1 saturated heterocycles. The van der Waals surface area contributed by atoms with Gasteiger partial charge in [-0.2, -0.15) is 0 Å². The highest BCUT2D eigenvalue weighted by molar-refractivity contribution is 5.99. The van der Waals surface area contributed by atoms with Gasteiger partial charge in [0.05, 0.1) is 6.04 Å². The van der Waals surface area contributed by atoms with Crippen LogP contribution in [0.5, 0.6) is 0 Å². The fourth-order valence-corrected chi connectivity index (χ4v) is 2.59. The first-order valence-electron chi connectivity index (χ1n) is 7.93. The molecule has 0 radical (unpaired) electrons. The number of benzene rings is 1. The fourth-order valence-electron chi connectivity index (χ4n) is 2.59. The number of hydrogen-bond acceptors (Lipinski definition) is 4. The Bertz CT molecular complexity index is 555. The lowest BCUT2D eigenvalue weighted by Gasteiger charge is -2.18. The molecule has 1 N–H and O–H groups in total. The van der Waals surface area contributed by atoms with Crippen LogP contribution in [0, 0.1) is 5.92 Å². The quantitative estimate of drug-likeness (QED) is 0.785. The van der Waals surface area contributed by atoms with Crippen molar-refractivity contribution in [1.82, 2.24) is 4.90 Å². The zero-order valence-corrected chi connectivity index (χ0v) is 13.4. The van der Waals surface area contributed by atoms with E-state index in [2.05, 4.69) is 0 Å². The number of rotatable bonds is 7. The molecule has 2 atom stereocenters. The second kappa shape index (κ2) is 8.48. The number of aliphatic hydroxyl groups excluding tert-OH is 1. The van der Waals surface area contributed by atoms with Crippen molar-refractivity contribution in [3.05, 3.63) is 48.0 Å². The van der Waals surface area contributed by atoms with Crippen LogP contribution in [0.2, 0.25) is 0 Å². The van der Waals surface area contributed by atoms with Crippen LogP contribution >= 0.6 is 0 Å². The second-order valence-electron chi connectivity index (χ2n) is 5.88. The monoisotopic (exact) mass is 317 g/mol. The number of ether oxygens (including phenoxy) is 1. The Morgan fingerprint density at radius 2 is 2.17 bits per heavy atom. The summed E-state index contributed by atoms with van der Waals surface area (Å²) < 4.78 is 5.04. The molecule has 1 aliphatic heterocycles. The van der Waals surface area contributed by atoms with Gasteiger partial charge >= 0.3 is 6.09 Å². The molecular formula is C18H23NO4. The molecule has 2 amide bonds. The van der Waals surface area contributed by atoms with Crippen molar-refractivity contribution in [2.75, 3.05) is 13.2 Å². The molecule has 5 heteroatoms.